The van der Waals surface area contributed by atoms with Crippen molar-refractivity contribution in [1.29, 1.82) is 0 Å². The molecule has 0 N–H and O–H groups in total. The summed E-state index contributed by atoms with van der Waals surface area (Å²) >= 11 is 0. The molecule has 0 radical (unpaired) electrons. The number of fused-ring (bicyclic) bond motifs is 6. The molecule has 0 amide bonds. The molecule has 0 aliphatic heterocycles. The van der Waals surface area contributed by atoms with Crippen LogP contribution in [0.5, 0.6) is 0 Å². The quantitative estimate of drug-likeness (QED) is 0.149. The van der Waals surface area contributed by atoms with Crippen molar-refractivity contribution in [2.45, 2.75) is 24.7 Å². The lowest BCUT2D eigenvalue weighted by Crippen LogP contribution is -2.12. The van der Waals surface area contributed by atoms with E-state index in [0.29, 0.717) is 56.3 Å². The molecule has 78 heavy (non-hydrogen) atoms. The van der Waals surface area contributed by atoms with Crippen LogP contribution in [0, 0.1) is 0 Å². The maximum atomic E-state index is 14.9. The second kappa shape index (κ2) is 18.2. The van der Waals surface area contributed by atoms with E-state index in [0.717, 1.165) is 22.9 Å². The maximum Gasteiger partial charge on any atom is 0.417 e. The van der Waals surface area contributed by atoms with Crippen LogP contribution < -0.4 is 0 Å². The molecule has 0 bridgehead atoms. The van der Waals surface area contributed by atoms with Gasteiger partial charge in [-0.05, 0) is 100 Å². The number of rotatable bonds is 7. The van der Waals surface area contributed by atoms with Crippen molar-refractivity contribution in [3.63, 3.8) is 0 Å². The second-order valence-corrected chi connectivity index (χ2v) is 18.4. The summed E-state index contributed by atoms with van der Waals surface area (Å²) in [5, 5.41) is 2.38. The van der Waals surface area contributed by atoms with E-state index in [9.17, 15) is 52.7 Å². The lowest BCUT2D eigenvalue weighted by molar-refractivity contribution is -0.144. The predicted molar refractivity (Wildman–Crippen MR) is 274 cm³/mol. The van der Waals surface area contributed by atoms with E-state index in [1.807, 2.05) is 42.5 Å². The molecule has 3 aromatic heterocycles. The first-order valence-corrected chi connectivity index (χ1v) is 23.8. The van der Waals surface area contributed by atoms with Crippen molar-refractivity contribution in [1.82, 2.24) is 19.5 Å². The summed E-state index contributed by atoms with van der Waals surface area (Å²) in [6.07, 6.45) is -20.8. The molecule has 0 spiro atoms. The van der Waals surface area contributed by atoms with Gasteiger partial charge in [0.25, 0.3) is 0 Å². The Morgan fingerprint density at radius 3 is 1.26 bits per heavy atom. The van der Waals surface area contributed by atoms with E-state index in [1.54, 1.807) is 83.4 Å². The molecular weight excluding hydrogens is 1030 g/mol. The lowest BCUT2D eigenvalue weighted by Gasteiger charge is -2.18. The third kappa shape index (κ3) is 8.93. The molecule has 0 aliphatic carbocycles. The smallest absolute Gasteiger partial charge is 0.417 e. The highest BCUT2D eigenvalue weighted by molar-refractivity contribution is 6.12. The predicted octanol–water partition coefficient (Wildman–Crippen LogP) is 18.9. The molecule has 9 aromatic carbocycles. The molecule has 5 nitrogen and oxygen atoms in total. The fourth-order valence-corrected chi connectivity index (χ4v) is 9.95. The Balaban J connectivity index is 1.18. The van der Waals surface area contributed by atoms with Gasteiger partial charge in [0.2, 0.25) is 0 Å². The molecule has 0 aliphatic rings. The largest absolute Gasteiger partial charge is 0.456 e. The minimum absolute atomic E-state index is 0.0264. The van der Waals surface area contributed by atoms with Crippen molar-refractivity contribution in [2.24, 2.45) is 0 Å². The van der Waals surface area contributed by atoms with Crippen LogP contribution in [-0.2, 0) is 24.7 Å². The molecule has 12 aromatic rings. The van der Waals surface area contributed by atoms with E-state index >= 15 is 0 Å². The SMILES string of the molecule is FC(F)(F)c1ccc(-c2ccc3c4ccc(-c5ccc(C(F)(F)F)cc5C(F)(F)F)cc4n(-c4ccc(-c5ccc6c(c5)oc5ccccc56)cc4-c4nc(-c5ccccc5)nc(-c5ccccc5)n4)c3c2)c(C(F)(F)F)c1. The van der Waals surface area contributed by atoms with Crippen molar-refractivity contribution < 1.29 is 57.1 Å². The van der Waals surface area contributed by atoms with Crippen molar-refractivity contribution in [3.8, 4) is 73.2 Å². The summed E-state index contributed by atoms with van der Waals surface area (Å²) in [4.78, 5) is 14.9. The lowest BCUT2D eigenvalue weighted by atomic mass is 9.95. The van der Waals surface area contributed by atoms with Crippen LogP contribution in [0.2, 0.25) is 0 Å². The third-order valence-electron chi connectivity index (χ3n) is 13.6. The van der Waals surface area contributed by atoms with Crippen LogP contribution in [0.15, 0.2) is 199 Å². The fraction of sp³-hybridized carbons (Fsp3) is 0.0656. The van der Waals surface area contributed by atoms with E-state index in [4.69, 9.17) is 19.4 Å². The van der Waals surface area contributed by atoms with Crippen LogP contribution in [0.3, 0.4) is 0 Å². The number of benzene rings is 9. The van der Waals surface area contributed by atoms with Crippen molar-refractivity contribution in [2.75, 3.05) is 0 Å². The maximum absolute atomic E-state index is 14.9. The normalized spacial score (nSPS) is 12.6. The van der Waals surface area contributed by atoms with Gasteiger partial charge in [0.1, 0.15) is 11.2 Å². The van der Waals surface area contributed by atoms with Gasteiger partial charge in [0.15, 0.2) is 17.5 Å². The summed E-state index contributed by atoms with van der Waals surface area (Å²) in [7, 11) is 0. The van der Waals surface area contributed by atoms with Crippen molar-refractivity contribution in [3.05, 3.63) is 216 Å². The Bertz CT molecular complexity index is 4140. The molecule has 386 valence electrons. The first kappa shape index (κ1) is 49.6. The zero-order valence-corrected chi connectivity index (χ0v) is 39.7. The molecule has 0 saturated heterocycles. The van der Waals surface area contributed by atoms with Gasteiger partial charge in [0.05, 0.1) is 39.0 Å². The molecule has 0 saturated carbocycles. The zero-order valence-electron chi connectivity index (χ0n) is 39.7. The van der Waals surface area contributed by atoms with Gasteiger partial charge in [0, 0.05) is 38.2 Å². The summed E-state index contributed by atoms with van der Waals surface area (Å²) in [5.41, 5.74) is -3.42. The van der Waals surface area contributed by atoms with E-state index in [2.05, 4.69) is 0 Å². The number of alkyl halides is 12. The first-order chi connectivity index (χ1) is 37.2. The van der Waals surface area contributed by atoms with Crippen LogP contribution in [0.4, 0.5) is 52.7 Å². The summed E-state index contributed by atoms with van der Waals surface area (Å²) in [5.74, 6) is 0.529. The Morgan fingerprint density at radius 1 is 0.308 bits per heavy atom. The number of furan rings is 1. The molecule has 12 rings (SSSR count). The van der Waals surface area contributed by atoms with Gasteiger partial charge in [-0.1, -0.05) is 127 Å². The zero-order chi connectivity index (χ0) is 54.5. The standard InChI is InChI=1S/C61H32F12N4O/c62-58(63,64)39-19-24-41(48(31-39)60(68,69)70)37-16-21-43-44-22-17-38(42-25-20-40(59(65,66)67)32-49(42)61(71,72)73)29-52(44)77(51(43)28-37)50-26-18-35(36-15-23-46-45-13-7-8-14-53(45)78-54(46)30-36)27-47(50)57-75-55(33-9-3-1-4-10-33)74-56(76-57)34-11-5-2-6-12-34/h1-32H. The topological polar surface area (TPSA) is 56.7 Å². The van der Waals surface area contributed by atoms with Gasteiger partial charge in [-0.2, -0.15) is 52.7 Å². The highest BCUT2D eigenvalue weighted by Gasteiger charge is 2.40. The van der Waals surface area contributed by atoms with Crippen LogP contribution in [-0.4, -0.2) is 19.5 Å². The molecule has 0 unspecified atom stereocenters. The third-order valence-corrected chi connectivity index (χ3v) is 13.6. The first-order valence-electron chi connectivity index (χ1n) is 23.8. The highest BCUT2D eigenvalue weighted by atomic mass is 19.4. The van der Waals surface area contributed by atoms with Crippen LogP contribution in [0.25, 0.3) is 117 Å². The van der Waals surface area contributed by atoms with Gasteiger partial charge in [-0.3, -0.25) is 0 Å². The number of nitrogens with zero attached hydrogens (tertiary/aromatic N) is 4. The monoisotopic (exact) mass is 1060 g/mol. The summed E-state index contributed by atoms with van der Waals surface area (Å²) in [6.45, 7) is 0. The van der Waals surface area contributed by atoms with E-state index in [-0.39, 0.29) is 63.0 Å². The molecular formula is C61H32F12N4O. The molecule has 3 heterocycles. The van der Waals surface area contributed by atoms with Gasteiger partial charge < -0.3 is 8.98 Å². The highest BCUT2D eigenvalue weighted by Crippen LogP contribution is 2.47. The fourth-order valence-electron chi connectivity index (χ4n) is 9.95. The number of halogens is 12. The van der Waals surface area contributed by atoms with Crippen molar-refractivity contribution >= 4 is 43.7 Å². The minimum Gasteiger partial charge on any atom is -0.456 e. The minimum atomic E-state index is -5.27. The number of aromatic nitrogens is 4. The average molecular weight is 1060 g/mol. The Hall–Kier alpha value is -9.25. The second-order valence-electron chi connectivity index (χ2n) is 18.4. The van der Waals surface area contributed by atoms with Gasteiger partial charge in [-0.15, -0.1) is 0 Å². The van der Waals surface area contributed by atoms with Gasteiger partial charge >= 0.3 is 24.7 Å². The average Bonchev–Trinajstić information content (AvgIpc) is 4.19. The van der Waals surface area contributed by atoms with Crippen LogP contribution in [0.1, 0.15) is 22.3 Å². The molecule has 17 heteroatoms. The number of hydrogen-bond donors (Lipinski definition) is 0. The van der Waals surface area contributed by atoms with E-state index in [1.165, 1.54) is 36.4 Å². The Labute approximate surface area is 433 Å². The number of hydrogen-bond acceptors (Lipinski definition) is 4. The molecule has 0 fully saturated rings. The summed E-state index contributed by atoms with van der Waals surface area (Å²) in [6, 6.07) is 46.9. The Morgan fingerprint density at radius 2 is 0.744 bits per heavy atom. The Kier molecular flexibility index (Phi) is 11.6. The summed E-state index contributed by atoms with van der Waals surface area (Å²) < 4.78 is 181. The molecule has 0 atom stereocenters. The number of para-hydroxylation sites is 1. The van der Waals surface area contributed by atoms with Gasteiger partial charge in [-0.25, -0.2) is 15.0 Å². The van der Waals surface area contributed by atoms with E-state index < -0.39 is 58.1 Å². The van der Waals surface area contributed by atoms with Crippen LogP contribution >= 0.6 is 0 Å².